The number of benzene rings is 1. The van der Waals surface area contributed by atoms with Crippen molar-refractivity contribution in [2.24, 2.45) is 4.99 Å². The fraction of sp³-hybridized carbons (Fsp3) is 0.435. The summed E-state index contributed by atoms with van der Waals surface area (Å²) in [5.74, 6) is 0.344. The Morgan fingerprint density at radius 3 is 2.79 bits per heavy atom. The summed E-state index contributed by atoms with van der Waals surface area (Å²) in [5.41, 5.74) is 0.940. The zero-order chi connectivity index (χ0) is 24.3. The first kappa shape index (κ1) is 23.8. The molecular formula is C23H28F2N6O3. The van der Waals surface area contributed by atoms with E-state index in [1.54, 1.807) is 30.2 Å². The molecule has 0 unspecified atom stereocenters. The molecule has 3 heterocycles. The number of aliphatic hydroxyl groups is 1. The van der Waals surface area contributed by atoms with E-state index in [9.17, 15) is 18.7 Å². The highest BCUT2D eigenvalue weighted by molar-refractivity contribution is 6.18. The van der Waals surface area contributed by atoms with Gasteiger partial charge < -0.3 is 30.8 Å². The maximum Gasteiger partial charge on any atom is 0.261 e. The second-order valence-corrected chi connectivity index (χ2v) is 8.76. The number of fused-ring (bicyclic) bond motifs is 1. The number of rotatable bonds is 6. The number of carbonyl (C=O) groups excluding carboxylic acids is 1. The molecular weight excluding hydrogens is 446 g/mol. The Bertz CT molecular complexity index is 1050. The van der Waals surface area contributed by atoms with Crippen molar-refractivity contribution in [3.05, 3.63) is 41.4 Å². The molecule has 1 amide bonds. The molecule has 182 valence electrons. The van der Waals surface area contributed by atoms with E-state index in [0.717, 1.165) is 11.8 Å². The molecule has 1 saturated heterocycles. The van der Waals surface area contributed by atoms with Crippen LogP contribution < -0.4 is 20.3 Å². The Balaban J connectivity index is 1.63. The Hall–Kier alpha value is -3.31. The molecule has 11 heteroatoms. The SMILES string of the molecule is C[C@@]1(O)COc2cc(N3CCN(CC(F)F)CC3)c(NC(=O)/C(C=N)=C3\N=CC=CN3)cc2C1. The van der Waals surface area contributed by atoms with Crippen LogP contribution in [0.1, 0.15) is 12.5 Å². The van der Waals surface area contributed by atoms with Gasteiger partial charge in [-0.3, -0.25) is 9.69 Å². The number of nitrogens with zero attached hydrogens (tertiary/aromatic N) is 3. The smallest absolute Gasteiger partial charge is 0.261 e. The van der Waals surface area contributed by atoms with Crippen LogP contribution in [0.2, 0.25) is 0 Å². The molecule has 1 atom stereocenters. The van der Waals surface area contributed by atoms with Gasteiger partial charge in [0.15, 0.2) is 0 Å². The minimum Gasteiger partial charge on any atom is -0.490 e. The maximum absolute atomic E-state index is 13.1. The molecule has 0 spiro atoms. The molecule has 1 fully saturated rings. The van der Waals surface area contributed by atoms with E-state index in [2.05, 4.69) is 15.6 Å². The Labute approximate surface area is 196 Å². The third kappa shape index (κ3) is 5.42. The summed E-state index contributed by atoms with van der Waals surface area (Å²) in [6.45, 7) is 3.49. The van der Waals surface area contributed by atoms with Crippen LogP contribution >= 0.6 is 0 Å². The van der Waals surface area contributed by atoms with Crippen LogP contribution in [0, 0.1) is 5.41 Å². The fourth-order valence-electron chi connectivity index (χ4n) is 4.21. The van der Waals surface area contributed by atoms with E-state index in [1.807, 2.05) is 11.0 Å². The van der Waals surface area contributed by atoms with Crippen molar-refractivity contribution in [1.29, 1.82) is 5.41 Å². The number of hydrogen-bond donors (Lipinski definition) is 4. The van der Waals surface area contributed by atoms with Crippen LogP contribution in [0.4, 0.5) is 20.2 Å². The molecule has 34 heavy (non-hydrogen) atoms. The van der Waals surface area contributed by atoms with Gasteiger partial charge >= 0.3 is 0 Å². The molecule has 4 N–H and O–H groups in total. The number of aliphatic imine (C=N–C) groups is 1. The highest BCUT2D eigenvalue weighted by Crippen LogP contribution is 2.39. The normalized spacial score (nSPS) is 23.7. The van der Waals surface area contributed by atoms with E-state index in [0.29, 0.717) is 49.7 Å². The predicted molar refractivity (Wildman–Crippen MR) is 126 cm³/mol. The first-order valence-corrected chi connectivity index (χ1v) is 11.0. The maximum atomic E-state index is 13.1. The lowest BCUT2D eigenvalue weighted by molar-refractivity contribution is -0.112. The third-order valence-electron chi connectivity index (χ3n) is 5.90. The second kappa shape index (κ2) is 9.90. The number of nitrogens with one attached hydrogen (secondary N) is 3. The monoisotopic (exact) mass is 474 g/mol. The summed E-state index contributed by atoms with van der Waals surface area (Å²) >= 11 is 0. The highest BCUT2D eigenvalue weighted by atomic mass is 19.3. The number of hydrogen-bond acceptors (Lipinski definition) is 8. The Kier molecular flexibility index (Phi) is 6.94. The number of allylic oxidation sites excluding steroid dienone is 1. The van der Waals surface area contributed by atoms with Crippen LogP contribution in [0.3, 0.4) is 0 Å². The fourth-order valence-corrected chi connectivity index (χ4v) is 4.21. The van der Waals surface area contributed by atoms with Gasteiger partial charge in [0.25, 0.3) is 12.3 Å². The predicted octanol–water partition coefficient (Wildman–Crippen LogP) is 1.75. The number of amides is 1. The summed E-state index contributed by atoms with van der Waals surface area (Å²) in [4.78, 5) is 20.9. The van der Waals surface area contributed by atoms with Crippen molar-refractivity contribution in [2.45, 2.75) is 25.4 Å². The number of piperazine rings is 1. The van der Waals surface area contributed by atoms with Gasteiger partial charge in [-0.2, -0.15) is 0 Å². The van der Waals surface area contributed by atoms with Crippen molar-refractivity contribution in [1.82, 2.24) is 10.2 Å². The van der Waals surface area contributed by atoms with E-state index < -0.39 is 17.9 Å². The molecule has 4 rings (SSSR count). The lowest BCUT2D eigenvalue weighted by atomic mass is 9.93. The van der Waals surface area contributed by atoms with Crippen LogP contribution in [0.15, 0.2) is 40.8 Å². The van der Waals surface area contributed by atoms with Crippen molar-refractivity contribution < 1.29 is 23.4 Å². The van der Waals surface area contributed by atoms with E-state index in [4.69, 9.17) is 10.1 Å². The van der Waals surface area contributed by atoms with Crippen LogP contribution in [0.5, 0.6) is 5.75 Å². The van der Waals surface area contributed by atoms with Crippen molar-refractivity contribution in [3.8, 4) is 5.75 Å². The van der Waals surface area contributed by atoms with Crippen LogP contribution in [-0.4, -0.2) is 79.7 Å². The van der Waals surface area contributed by atoms with E-state index >= 15 is 0 Å². The highest BCUT2D eigenvalue weighted by Gasteiger charge is 2.31. The second-order valence-electron chi connectivity index (χ2n) is 8.76. The van der Waals surface area contributed by atoms with Crippen LogP contribution in [0.25, 0.3) is 0 Å². The summed E-state index contributed by atoms with van der Waals surface area (Å²) in [5, 5.41) is 23.9. The van der Waals surface area contributed by atoms with Crippen molar-refractivity contribution in [3.63, 3.8) is 0 Å². The third-order valence-corrected chi connectivity index (χ3v) is 5.90. The molecule has 3 aliphatic rings. The molecule has 0 bridgehead atoms. The van der Waals surface area contributed by atoms with E-state index in [-0.39, 0.29) is 24.5 Å². The molecule has 0 aliphatic carbocycles. The minimum atomic E-state index is -2.38. The van der Waals surface area contributed by atoms with E-state index in [1.165, 1.54) is 6.21 Å². The zero-order valence-corrected chi connectivity index (χ0v) is 18.9. The summed E-state index contributed by atoms with van der Waals surface area (Å²) < 4.78 is 31.3. The standard InChI is InChI=1S/C23H28F2N6O3/c1-23(33)11-15-9-17(29-22(32)16(12-26)21-27-3-2-4-28-21)18(10-19(15)34-14-23)31-7-5-30(6-8-31)13-20(24)25/h2-4,9-10,12,20,26-27,33H,5-8,11,13-14H2,1H3,(H,29,32)/b21-16-,26-12?/t23-/m0/s1. The van der Waals surface area contributed by atoms with Gasteiger partial charge in [-0.1, -0.05) is 0 Å². The molecule has 1 aromatic rings. The first-order valence-electron chi connectivity index (χ1n) is 11.0. The van der Waals surface area contributed by atoms with Gasteiger partial charge in [0.2, 0.25) is 0 Å². The Morgan fingerprint density at radius 2 is 2.15 bits per heavy atom. The topological polar surface area (TPSA) is 113 Å². The summed E-state index contributed by atoms with van der Waals surface area (Å²) in [6, 6.07) is 3.59. The number of anilines is 2. The zero-order valence-electron chi connectivity index (χ0n) is 18.9. The number of alkyl halides is 2. The average Bonchev–Trinajstić information content (AvgIpc) is 2.79. The van der Waals surface area contributed by atoms with Gasteiger partial charge in [0.1, 0.15) is 18.2 Å². The molecule has 1 aromatic carbocycles. The van der Waals surface area contributed by atoms with Crippen molar-refractivity contribution in [2.75, 3.05) is 49.5 Å². The van der Waals surface area contributed by atoms with Crippen LogP contribution in [-0.2, 0) is 11.2 Å². The van der Waals surface area contributed by atoms with Gasteiger partial charge in [-0.25, -0.2) is 13.8 Å². The quantitative estimate of drug-likeness (QED) is 0.369. The van der Waals surface area contributed by atoms with Crippen molar-refractivity contribution >= 4 is 29.7 Å². The summed E-state index contributed by atoms with van der Waals surface area (Å²) in [7, 11) is 0. The molecule has 0 aromatic heterocycles. The molecule has 0 saturated carbocycles. The lowest BCUT2D eigenvalue weighted by Crippen LogP contribution is -2.48. The number of halogens is 2. The van der Waals surface area contributed by atoms with Gasteiger partial charge in [-0.05, 0) is 24.6 Å². The molecule has 0 radical (unpaired) electrons. The molecule has 3 aliphatic heterocycles. The summed E-state index contributed by atoms with van der Waals surface area (Å²) in [6.07, 6.45) is 3.70. The number of carbonyl (C=O) groups is 1. The lowest BCUT2D eigenvalue weighted by Gasteiger charge is -2.38. The molecule has 9 nitrogen and oxygen atoms in total. The minimum absolute atomic E-state index is 0.0502. The average molecular weight is 475 g/mol. The first-order chi connectivity index (χ1) is 16.3. The Morgan fingerprint density at radius 1 is 1.38 bits per heavy atom. The largest absolute Gasteiger partial charge is 0.490 e. The van der Waals surface area contributed by atoms with Gasteiger partial charge in [-0.15, -0.1) is 0 Å². The number of ether oxygens (including phenoxy) is 1. The van der Waals surface area contributed by atoms with Gasteiger partial charge in [0, 0.05) is 57.3 Å². The van der Waals surface area contributed by atoms with Gasteiger partial charge in [0.05, 0.1) is 29.1 Å².